The molecule has 0 aliphatic rings. The van der Waals surface area contributed by atoms with Gasteiger partial charge in [-0.2, -0.15) is 5.10 Å². The topological polar surface area (TPSA) is 29.9 Å². The summed E-state index contributed by atoms with van der Waals surface area (Å²) in [5.41, 5.74) is 2.44. The van der Waals surface area contributed by atoms with Gasteiger partial charge < -0.3 is 5.32 Å². The lowest BCUT2D eigenvalue weighted by molar-refractivity contribution is 0.569. The lowest BCUT2D eigenvalue weighted by Crippen LogP contribution is -2.19. The van der Waals surface area contributed by atoms with Crippen LogP contribution in [0.4, 0.5) is 0 Å². The average Bonchev–Trinajstić information content (AvgIpc) is 2.93. The molecule has 3 nitrogen and oxygen atoms in total. The van der Waals surface area contributed by atoms with E-state index in [2.05, 4.69) is 51.5 Å². The third kappa shape index (κ3) is 3.02. The van der Waals surface area contributed by atoms with Crippen molar-refractivity contribution in [1.29, 1.82) is 0 Å². The predicted molar refractivity (Wildman–Crippen MR) is 80.1 cm³/mol. The molecule has 98 valence electrons. The standard InChI is InChI=1S/C13H18BrN3S/c1-4-9-7-10(17(3)16-9)8-11(15-2)12-5-6-13(14)18-12/h5-7,11,15H,4,8H2,1-3H3. The number of aryl methyl sites for hydroxylation is 2. The van der Waals surface area contributed by atoms with Gasteiger partial charge in [0, 0.05) is 30.1 Å². The van der Waals surface area contributed by atoms with Crippen molar-refractivity contribution in [2.24, 2.45) is 7.05 Å². The van der Waals surface area contributed by atoms with E-state index in [0.717, 1.165) is 18.5 Å². The first-order valence-corrected chi connectivity index (χ1v) is 7.69. The average molecular weight is 328 g/mol. The summed E-state index contributed by atoms with van der Waals surface area (Å²) in [6, 6.07) is 6.83. The minimum Gasteiger partial charge on any atom is -0.312 e. The highest BCUT2D eigenvalue weighted by Crippen LogP contribution is 2.29. The zero-order chi connectivity index (χ0) is 13.1. The van der Waals surface area contributed by atoms with Crippen LogP contribution in [0.1, 0.15) is 29.2 Å². The maximum atomic E-state index is 4.50. The largest absolute Gasteiger partial charge is 0.312 e. The van der Waals surface area contributed by atoms with Crippen molar-refractivity contribution in [2.75, 3.05) is 7.05 Å². The molecule has 1 atom stereocenters. The number of aromatic nitrogens is 2. The summed E-state index contributed by atoms with van der Waals surface area (Å²) in [5.74, 6) is 0. The van der Waals surface area contributed by atoms with E-state index in [1.807, 2.05) is 18.8 Å². The van der Waals surface area contributed by atoms with Gasteiger partial charge in [-0.15, -0.1) is 11.3 Å². The normalized spacial score (nSPS) is 12.9. The van der Waals surface area contributed by atoms with Crippen LogP contribution in [0.3, 0.4) is 0 Å². The number of likely N-dealkylation sites (N-methyl/N-ethyl adjacent to an activating group) is 1. The molecule has 2 aromatic rings. The van der Waals surface area contributed by atoms with Crippen LogP contribution in [-0.4, -0.2) is 16.8 Å². The fourth-order valence-electron chi connectivity index (χ4n) is 2.00. The van der Waals surface area contributed by atoms with Gasteiger partial charge in [0.2, 0.25) is 0 Å². The van der Waals surface area contributed by atoms with E-state index in [4.69, 9.17) is 0 Å². The molecule has 0 aliphatic carbocycles. The van der Waals surface area contributed by atoms with Crippen LogP contribution in [0.5, 0.6) is 0 Å². The summed E-state index contributed by atoms with van der Waals surface area (Å²) in [7, 11) is 4.03. The SMILES string of the molecule is CCc1cc(CC(NC)c2ccc(Br)s2)n(C)n1. The third-order valence-corrected chi connectivity index (χ3v) is 4.83. The highest BCUT2D eigenvalue weighted by Gasteiger charge is 2.15. The van der Waals surface area contributed by atoms with Crippen LogP contribution in [0.25, 0.3) is 0 Å². The number of halogens is 1. The molecule has 2 aromatic heterocycles. The van der Waals surface area contributed by atoms with Crippen LogP contribution in [0, 0.1) is 0 Å². The molecule has 2 heterocycles. The van der Waals surface area contributed by atoms with Crippen molar-refractivity contribution in [3.8, 4) is 0 Å². The minimum absolute atomic E-state index is 0.349. The van der Waals surface area contributed by atoms with Crippen molar-refractivity contribution in [1.82, 2.24) is 15.1 Å². The first-order chi connectivity index (χ1) is 8.63. The monoisotopic (exact) mass is 327 g/mol. The van der Waals surface area contributed by atoms with Gasteiger partial charge in [0.25, 0.3) is 0 Å². The van der Waals surface area contributed by atoms with Crippen molar-refractivity contribution in [3.05, 3.63) is 38.3 Å². The number of hydrogen-bond acceptors (Lipinski definition) is 3. The van der Waals surface area contributed by atoms with Crippen LogP contribution < -0.4 is 5.32 Å². The Bertz CT molecular complexity index is 518. The number of hydrogen-bond donors (Lipinski definition) is 1. The molecule has 0 radical (unpaired) electrons. The Kier molecular flexibility index (Phi) is 4.59. The van der Waals surface area contributed by atoms with Gasteiger partial charge in [0.1, 0.15) is 0 Å². The van der Waals surface area contributed by atoms with Gasteiger partial charge in [-0.05, 0) is 47.6 Å². The molecule has 1 N–H and O–H groups in total. The molecule has 0 bridgehead atoms. The fraction of sp³-hybridized carbons (Fsp3) is 0.462. The number of rotatable bonds is 5. The molecule has 0 saturated heterocycles. The maximum Gasteiger partial charge on any atom is 0.0701 e. The summed E-state index contributed by atoms with van der Waals surface area (Å²) >= 11 is 5.30. The van der Waals surface area contributed by atoms with Crippen molar-refractivity contribution in [2.45, 2.75) is 25.8 Å². The molecule has 5 heteroatoms. The van der Waals surface area contributed by atoms with Crippen molar-refractivity contribution < 1.29 is 0 Å². The molecule has 2 rings (SSSR count). The Morgan fingerprint density at radius 3 is 2.78 bits per heavy atom. The lowest BCUT2D eigenvalue weighted by atomic mass is 10.1. The Hall–Kier alpha value is -0.650. The van der Waals surface area contributed by atoms with Crippen LogP contribution in [-0.2, 0) is 19.9 Å². The Labute approximate surface area is 120 Å². The number of thiophene rings is 1. The quantitative estimate of drug-likeness (QED) is 0.913. The van der Waals surface area contributed by atoms with Gasteiger partial charge >= 0.3 is 0 Å². The number of nitrogens with zero attached hydrogens (tertiary/aromatic N) is 2. The highest BCUT2D eigenvalue weighted by atomic mass is 79.9. The molecule has 1 unspecified atom stereocenters. The second kappa shape index (κ2) is 5.99. The molecular weight excluding hydrogens is 310 g/mol. The zero-order valence-electron chi connectivity index (χ0n) is 10.9. The van der Waals surface area contributed by atoms with Gasteiger partial charge in [0.15, 0.2) is 0 Å². The van der Waals surface area contributed by atoms with Crippen LogP contribution >= 0.6 is 27.3 Å². The molecule has 0 aliphatic heterocycles. The van der Waals surface area contributed by atoms with Gasteiger partial charge in [-0.1, -0.05) is 6.92 Å². The fourth-order valence-corrected chi connectivity index (χ4v) is 3.54. The summed E-state index contributed by atoms with van der Waals surface area (Å²) in [5, 5.41) is 7.88. The second-order valence-electron chi connectivity index (χ2n) is 4.29. The second-order valence-corrected chi connectivity index (χ2v) is 6.79. The van der Waals surface area contributed by atoms with Gasteiger partial charge in [-0.3, -0.25) is 4.68 Å². The smallest absolute Gasteiger partial charge is 0.0701 e. The first kappa shape index (κ1) is 13.8. The van der Waals surface area contributed by atoms with E-state index in [9.17, 15) is 0 Å². The van der Waals surface area contributed by atoms with Crippen molar-refractivity contribution in [3.63, 3.8) is 0 Å². The molecule has 0 amide bonds. The molecule has 18 heavy (non-hydrogen) atoms. The lowest BCUT2D eigenvalue weighted by Gasteiger charge is -2.14. The van der Waals surface area contributed by atoms with E-state index in [1.54, 1.807) is 11.3 Å². The van der Waals surface area contributed by atoms with Crippen molar-refractivity contribution >= 4 is 27.3 Å². The van der Waals surface area contributed by atoms with E-state index < -0.39 is 0 Å². The summed E-state index contributed by atoms with van der Waals surface area (Å²) in [6.45, 7) is 2.14. The Morgan fingerprint density at radius 1 is 1.50 bits per heavy atom. The molecule has 0 aromatic carbocycles. The zero-order valence-corrected chi connectivity index (χ0v) is 13.3. The van der Waals surface area contributed by atoms with E-state index >= 15 is 0 Å². The van der Waals surface area contributed by atoms with E-state index in [0.29, 0.717) is 6.04 Å². The van der Waals surface area contributed by atoms with Gasteiger partial charge in [-0.25, -0.2) is 0 Å². The predicted octanol–water partition coefficient (Wildman–Crippen LogP) is 3.31. The third-order valence-electron chi connectivity index (χ3n) is 3.09. The van der Waals surface area contributed by atoms with Crippen LogP contribution in [0.15, 0.2) is 22.0 Å². The summed E-state index contributed by atoms with van der Waals surface area (Å²) in [4.78, 5) is 1.35. The maximum absolute atomic E-state index is 4.50. The molecule has 0 saturated carbocycles. The van der Waals surface area contributed by atoms with E-state index in [-0.39, 0.29) is 0 Å². The van der Waals surface area contributed by atoms with E-state index in [1.165, 1.54) is 14.4 Å². The Morgan fingerprint density at radius 2 is 2.28 bits per heavy atom. The molecular formula is C13H18BrN3S. The van der Waals surface area contributed by atoms with Gasteiger partial charge in [0.05, 0.1) is 9.48 Å². The summed E-state index contributed by atoms with van der Waals surface area (Å²) < 4.78 is 3.17. The molecule has 0 spiro atoms. The van der Waals surface area contributed by atoms with Crippen LogP contribution in [0.2, 0.25) is 0 Å². The Balaban J connectivity index is 2.17. The summed E-state index contributed by atoms with van der Waals surface area (Å²) in [6.07, 6.45) is 1.95. The first-order valence-electron chi connectivity index (χ1n) is 6.08. The highest BCUT2D eigenvalue weighted by molar-refractivity contribution is 9.11. The molecule has 0 fully saturated rings. The number of nitrogens with one attached hydrogen (secondary N) is 1. The minimum atomic E-state index is 0.349.